The first kappa shape index (κ1) is 19.3. The summed E-state index contributed by atoms with van der Waals surface area (Å²) in [5.41, 5.74) is 5.87. The highest BCUT2D eigenvalue weighted by Gasteiger charge is 2.13. The second-order valence-electron chi connectivity index (χ2n) is 7.47. The maximum absolute atomic E-state index is 12.7. The van der Waals surface area contributed by atoms with Crippen LogP contribution in [0.2, 0.25) is 0 Å². The van der Waals surface area contributed by atoms with E-state index in [9.17, 15) is 4.79 Å². The minimum atomic E-state index is -0.0773. The van der Waals surface area contributed by atoms with Crippen molar-refractivity contribution in [2.24, 2.45) is 0 Å². The molecule has 0 atom stereocenters. The van der Waals surface area contributed by atoms with Crippen molar-refractivity contribution in [3.63, 3.8) is 0 Å². The Morgan fingerprint density at radius 2 is 1.97 bits per heavy atom. The lowest BCUT2D eigenvalue weighted by molar-refractivity contribution is 0.0951. The first-order valence-electron chi connectivity index (χ1n) is 10.0. The zero-order chi connectivity index (χ0) is 21.4. The Morgan fingerprint density at radius 3 is 2.81 bits per heavy atom. The Bertz CT molecular complexity index is 1420. The van der Waals surface area contributed by atoms with Gasteiger partial charge in [0.15, 0.2) is 4.96 Å². The number of amides is 1. The second kappa shape index (κ2) is 7.89. The van der Waals surface area contributed by atoms with Gasteiger partial charge in [0.05, 0.1) is 23.0 Å². The number of nitrogens with one attached hydrogen (secondary N) is 1. The van der Waals surface area contributed by atoms with E-state index in [1.807, 2.05) is 73.8 Å². The summed E-state index contributed by atoms with van der Waals surface area (Å²) in [7, 11) is 1.66. The molecule has 5 aromatic rings. The largest absolute Gasteiger partial charge is 0.497 e. The number of nitrogens with zero attached hydrogens (tertiary/aromatic N) is 2. The monoisotopic (exact) mass is 427 g/mol. The van der Waals surface area contributed by atoms with Crippen LogP contribution in [0.1, 0.15) is 21.5 Å². The van der Waals surface area contributed by atoms with Crippen molar-refractivity contribution >= 4 is 32.4 Å². The topological polar surface area (TPSA) is 55.6 Å². The second-order valence-corrected chi connectivity index (χ2v) is 8.48. The summed E-state index contributed by atoms with van der Waals surface area (Å²) in [5.74, 6) is 0.728. The molecule has 0 aliphatic carbocycles. The van der Waals surface area contributed by atoms with E-state index in [-0.39, 0.29) is 5.91 Å². The highest BCUT2D eigenvalue weighted by atomic mass is 32.1. The number of imidazole rings is 1. The maximum atomic E-state index is 12.7. The minimum absolute atomic E-state index is 0.0773. The molecule has 0 aliphatic heterocycles. The number of aryl methyl sites for hydroxylation is 1. The lowest BCUT2D eigenvalue weighted by Crippen LogP contribution is -2.22. The van der Waals surface area contributed by atoms with E-state index in [2.05, 4.69) is 15.8 Å². The molecule has 0 radical (unpaired) electrons. The fourth-order valence-corrected chi connectivity index (χ4v) is 4.72. The van der Waals surface area contributed by atoms with Crippen LogP contribution >= 0.6 is 11.3 Å². The van der Waals surface area contributed by atoms with Crippen LogP contribution in [0.5, 0.6) is 5.75 Å². The number of carbonyl (C=O) groups excluding carboxylic acids is 1. The zero-order valence-electron chi connectivity index (χ0n) is 17.3. The first-order valence-corrected chi connectivity index (χ1v) is 10.8. The molecule has 154 valence electrons. The smallest absolute Gasteiger partial charge is 0.251 e. The van der Waals surface area contributed by atoms with Gasteiger partial charge in [-0.15, -0.1) is 0 Å². The van der Waals surface area contributed by atoms with E-state index >= 15 is 0 Å². The molecule has 31 heavy (non-hydrogen) atoms. The fourth-order valence-electron chi connectivity index (χ4n) is 3.67. The molecule has 0 unspecified atom stereocenters. The molecular weight excluding hydrogens is 406 g/mol. The molecule has 0 aliphatic rings. The highest BCUT2D eigenvalue weighted by molar-refractivity contribution is 7.23. The molecular formula is C25H21N3O2S. The fraction of sp³-hybridized carbons (Fsp3) is 0.120. The summed E-state index contributed by atoms with van der Waals surface area (Å²) < 4.78 is 8.42. The first-order chi connectivity index (χ1) is 15.1. The molecule has 1 N–H and O–H groups in total. The van der Waals surface area contributed by atoms with Gasteiger partial charge in [-0.05, 0) is 42.8 Å². The van der Waals surface area contributed by atoms with Gasteiger partial charge < -0.3 is 10.1 Å². The average molecular weight is 428 g/mol. The summed E-state index contributed by atoms with van der Waals surface area (Å²) in [6.07, 6.45) is 2.03. The number of rotatable bonds is 5. The SMILES string of the molecule is COc1cccc(-c2cn3c(n2)sc2cc(C(=O)NCc4cccc(C)c4)ccc23)c1. The Morgan fingerprint density at radius 1 is 1.10 bits per heavy atom. The van der Waals surface area contributed by atoms with E-state index < -0.39 is 0 Å². The van der Waals surface area contributed by atoms with Crippen LogP contribution in [-0.2, 0) is 6.54 Å². The molecule has 0 saturated carbocycles. The van der Waals surface area contributed by atoms with Gasteiger partial charge in [0.2, 0.25) is 0 Å². The molecule has 0 saturated heterocycles. The summed E-state index contributed by atoms with van der Waals surface area (Å²) >= 11 is 1.58. The Balaban J connectivity index is 1.40. The lowest BCUT2D eigenvalue weighted by Gasteiger charge is -2.06. The van der Waals surface area contributed by atoms with Gasteiger partial charge in [0.1, 0.15) is 5.75 Å². The summed E-state index contributed by atoms with van der Waals surface area (Å²) in [4.78, 5) is 18.3. The molecule has 3 aromatic carbocycles. The Kier molecular flexibility index (Phi) is 4.92. The van der Waals surface area contributed by atoms with Crippen LogP contribution in [0.15, 0.2) is 72.9 Å². The van der Waals surface area contributed by atoms with Gasteiger partial charge in [-0.3, -0.25) is 9.20 Å². The Labute approximate surface area is 183 Å². The molecule has 0 fully saturated rings. The maximum Gasteiger partial charge on any atom is 0.251 e. The summed E-state index contributed by atoms with van der Waals surface area (Å²) in [6.45, 7) is 2.56. The van der Waals surface area contributed by atoms with Gasteiger partial charge >= 0.3 is 0 Å². The molecule has 2 aromatic heterocycles. The number of thiazole rings is 1. The van der Waals surface area contributed by atoms with E-state index in [0.29, 0.717) is 12.1 Å². The van der Waals surface area contributed by atoms with E-state index in [1.54, 1.807) is 18.4 Å². The minimum Gasteiger partial charge on any atom is -0.497 e. The molecule has 0 spiro atoms. The third kappa shape index (κ3) is 3.78. The van der Waals surface area contributed by atoms with Crippen molar-refractivity contribution in [3.05, 3.63) is 89.6 Å². The molecule has 0 bridgehead atoms. The van der Waals surface area contributed by atoms with Gasteiger partial charge in [0, 0.05) is 23.9 Å². The van der Waals surface area contributed by atoms with Gasteiger partial charge in [-0.2, -0.15) is 0 Å². The van der Waals surface area contributed by atoms with E-state index in [4.69, 9.17) is 9.72 Å². The van der Waals surface area contributed by atoms with Crippen LogP contribution in [0.3, 0.4) is 0 Å². The van der Waals surface area contributed by atoms with Gasteiger partial charge in [0.25, 0.3) is 5.91 Å². The summed E-state index contributed by atoms with van der Waals surface area (Å²) in [5, 5.41) is 3.01. The van der Waals surface area contributed by atoms with E-state index in [1.165, 1.54) is 5.56 Å². The number of carbonyl (C=O) groups is 1. The number of aromatic nitrogens is 2. The van der Waals surface area contributed by atoms with Crippen LogP contribution in [0.4, 0.5) is 0 Å². The standard InChI is InChI=1S/C25H21N3O2S/c1-16-5-3-6-17(11-16)14-26-24(29)19-9-10-22-23(13-19)31-25-27-21(15-28(22)25)18-7-4-8-20(12-18)30-2/h3-13,15H,14H2,1-2H3,(H,26,29). The predicted octanol–water partition coefficient (Wildman–Crippen LogP) is 5.46. The number of methoxy groups -OCH3 is 1. The number of ether oxygens (including phenoxy) is 1. The van der Waals surface area contributed by atoms with Crippen molar-refractivity contribution < 1.29 is 9.53 Å². The highest BCUT2D eigenvalue weighted by Crippen LogP contribution is 2.31. The number of fused-ring (bicyclic) bond motifs is 3. The van der Waals surface area contributed by atoms with Crippen LogP contribution < -0.4 is 10.1 Å². The van der Waals surface area contributed by atoms with Crippen LogP contribution in [-0.4, -0.2) is 22.4 Å². The predicted molar refractivity (Wildman–Crippen MR) is 125 cm³/mol. The zero-order valence-corrected chi connectivity index (χ0v) is 18.1. The molecule has 5 nitrogen and oxygen atoms in total. The van der Waals surface area contributed by atoms with Gasteiger partial charge in [-0.1, -0.05) is 53.3 Å². The van der Waals surface area contributed by atoms with Crippen molar-refractivity contribution in [1.82, 2.24) is 14.7 Å². The van der Waals surface area contributed by atoms with Crippen LogP contribution in [0, 0.1) is 6.92 Å². The number of hydrogen-bond donors (Lipinski definition) is 1. The van der Waals surface area contributed by atoms with E-state index in [0.717, 1.165) is 37.7 Å². The van der Waals surface area contributed by atoms with Gasteiger partial charge in [-0.25, -0.2) is 4.98 Å². The third-order valence-corrected chi connectivity index (χ3v) is 6.27. The third-order valence-electron chi connectivity index (χ3n) is 5.26. The molecule has 1 amide bonds. The number of benzene rings is 3. The van der Waals surface area contributed by atoms with Crippen molar-refractivity contribution in [3.8, 4) is 17.0 Å². The Hall–Kier alpha value is -3.64. The summed E-state index contributed by atoms with van der Waals surface area (Å²) in [6, 6.07) is 21.8. The molecule has 5 rings (SSSR count). The normalized spacial score (nSPS) is 11.2. The van der Waals surface area contributed by atoms with Crippen molar-refractivity contribution in [2.75, 3.05) is 7.11 Å². The number of hydrogen-bond acceptors (Lipinski definition) is 4. The average Bonchev–Trinajstić information content (AvgIpc) is 3.35. The molecule has 6 heteroatoms. The lowest BCUT2D eigenvalue weighted by atomic mass is 10.1. The quantitative estimate of drug-likeness (QED) is 0.405. The molecule has 2 heterocycles. The van der Waals surface area contributed by atoms with Crippen molar-refractivity contribution in [2.45, 2.75) is 13.5 Å². The van der Waals surface area contributed by atoms with Crippen molar-refractivity contribution in [1.29, 1.82) is 0 Å². The van der Waals surface area contributed by atoms with Crippen LogP contribution in [0.25, 0.3) is 26.4 Å².